The van der Waals surface area contributed by atoms with E-state index < -0.39 is 0 Å². The molecule has 2 nitrogen and oxygen atoms in total. The van der Waals surface area contributed by atoms with E-state index in [-0.39, 0.29) is 0 Å². The third-order valence-corrected chi connectivity index (χ3v) is 5.44. The van der Waals surface area contributed by atoms with Gasteiger partial charge < -0.3 is 5.32 Å². The molecular weight excluding hydrogens is 220 g/mol. The summed E-state index contributed by atoms with van der Waals surface area (Å²) in [7, 11) is 2.15. The average Bonchev–Trinajstić information content (AvgIpc) is 2.73. The second-order valence-electron chi connectivity index (χ2n) is 7.57. The van der Waals surface area contributed by atoms with Gasteiger partial charge in [0.05, 0.1) is 0 Å². The lowest BCUT2D eigenvalue weighted by atomic mass is 9.69. The minimum Gasteiger partial charge on any atom is -0.315 e. The predicted molar refractivity (Wildman–Crippen MR) is 78.8 cm³/mol. The van der Waals surface area contributed by atoms with Crippen LogP contribution in [0.2, 0.25) is 0 Å². The van der Waals surface area contributed by atoms with Crippen molar-refractivity contribution >= 4 is 0 Å². The number of hydrogen-bond acceptors (Lipinski definition) is 2. The first kappa shape index (κ1) is 14.3. The van der Waals surface area contributed by atoms with Gasteiger partial charge in [0, 0.05) is 18.1 Å². The summed E-state index contributed by atoms with van der Waals surface area (Å²) in [6.07, 6.45) is 6.93. The van der Waals surface area contributed by atoms with Crippen molar-refractivity contribution in [1.82, 2.24) is 10.2 Å². The molecule has 0 aromatic heterocycles. The Labute approximate surface area is 114 Å². The summed E-state index contributed by atoms with van der Waals surface area (Å²) < 4.78 is 0. The molecular formula is C16H32N2. The molecule has 1 aliphatic carbocycles. The molecule has 0 aromatic carbocycles. The molecule has 2 aliphatic rings. The molecule has 1 aliphatic heterocycles. The van der Waals surface area contributed by atoms with E-state index in [2.05, 4.69) is 45.0 Å². The monoisotopic (exact) mass is 252 g/mol. The largest absolute Gasteiger partial charge is 0.315 e. The molecule has 1 saturated carbocycles. The van der Waals surface area contributed by atoms with E-state index in [1.54, 1.807) is 0 Å². The fourth-order valence-corrected chi connectivity index (χ4v) is 4.08. The highest BCUT2D eigenvalue weighted by molar-refractivity contribution is 4.96. The normalized spacial score (nSPS) is 39.2. The topological polar surface area (TPSA) is 15.3 Å². The number of nitrogens with zero attached hydrogens (tertiary/aromatic N) is 1. The van der Waals surface area contributed by atoms with Crippen LogP contribution >= 0.6 is 0 Å². The number of rotatable bonds is 2. The van der Waals surface area contributed by atoms with Gasteiger partial charge in [0.25, 0.3) is 0 Å². The maximum absolute atomic E-state index is 3.58. The quantitative estimate of drug-likeness (QED) is 0.811. The van der Waals surface area contributed by atoms with Crippen molar-refractivity contribution in [1.29, 1.82) is 0 Å². The van der Waals surface area contributed by atoms with Crippen molar-refractivity contribution in [2.24, 2.45) is 11.3 Å². The highest BCUT2D eigenvalue weighted by atomic mass is 15.2. The third kappa shape index (κ3) is 2.91. The number of likely N-dealkylation sites (N-methyl/N-ethyl adjacent to an activating group) is 1. The van der Waals surface area contributed by atoms with Crippen molar-refractivity contribution in [3.05, 3.63) is 0 Å². The number of nitrogens with one attached hydrogen (secondary N) is 1. The molecule has 2 rings (SSSR count). The van der Waals surface area contributed by atoms with E-state index in [1.165, 1.54) is 38.6 Å². The summed E-state index contributed by atoms with van der Waals surface area (Å²) in [5, 5.41) is 3.58. The summed E-state index contributed by atoms with van der Waals surface area (Å²) in [6, 6.07) is 2.28. The van der Waals surface area contributed by atoms with E-state index in [0.717, 1.165) is 18.0 Å². The smallest absolute Gasteiger partial charge is 0.0254 e. The number of hydrogen-bond donors (Lipinski definition) is 1. The Bertz CT molecular complexity index is 269. The first-order chi connectivity index (χ1) is 8.43. The standard InChI is InChI=1S/C16H32N2/c1-12-7-6-10-18(12)15-11-13(16(2,3)4)8-9-14(15)17-5/h12-15,17H,6-11H2,1-5H3. The van der Waals surface area contributed by atoms with Crippen LogP contribution < -0.4 is 5.32 Å². The van der Waals surface area contributed by atoms with Gasteiger partial charge in [-0.3, -0.25) is 4.90 Å². The highest BCUT2D eigenvalue weighted by Gasteiger charge is 2.40. The van der Waals surface area contributed by atoms with Crippen LogP contribution in [0.25, 0.3) is 0 Å². The zero-order chi connectivity index (χ0) is 13.3. The Balaban J connectivity index is 2.08. The zero-order valence-corrected chi connectivity index (χ0v) is 13.0. The van der Waals surface area contributed by atoms with Gasteiger partial charge in [0.15, 0.2) is 0 Å². The highest BCUT2D eigenvalue weighted by Crippen LogP contribution is 2.40. The van der Waals surface area contributed by atoms with E-state index in [1.807, 2.05) is 0 Å². The van der Waals surface area contributed by atoms with Gasteiger partial charge in [-0.25, -0.2) is 0 Å². The fraction of sp³-hybridized carbons (Fsp3) is 1.00. The lowest BCUT2D eigenvalue weighted by Crippen LogP contribution is -2.54. The lowest BCUT2D eigenvalue weighted by Gasteiger charge is -2.46. The molecule has 4 atom stereocenters. The van der Waals surface area contributed by atoms with Gasteiger partial charge in [-0.1, -0.05) is 20.8 Å². The average molecular weight is 252 g/mol. The maximum atomic E-state index is 3.58. The van der Waals surface area contributed by atoms with E-state index >= 15 is 0 Å². The van der Waals surface area contributed by atoms with Crippen molar-refractivity contribution < 1.29 is 0 Å². The van der Waals surface area contributed by atoms with Crippen LogP contribution in [0, 0.1) is 11.3 Å². The molecule has 1 N–H and O–H groups in total. The van der Waals surface area contributed by atoms with Crippen LogP contribution in [0.3, 0.4) is 0 Å². The molecule has 0 spiro atoms. The first-order valence-corrected chi connectivity index (χ1v) is 7.86. The van der Waals surface area contributed by atoms with Crippen molar-refractivity contribution in [2.75, 3.05) is 13.6 Å². The van der Waals surface area contributed by atoms with Crippen LogP contribution in [0.1, 0.15) is 59.8 Å². The maximum Gasteiger partial charge on any atom is 0.0254 e. The Kier molecular flexibility index (Phi) is 4.38. The van der Waals surface area contributed by atoms with E-state index in [9.17, 15) is 0 Å². The van der Waals surface area contributed by atoms with Gasteiger partial charge in [-0.2, -0.15) is 0 Å². The molecule has 106 valence electrons. The Morgan fingerprint density at radius 3 is 2.33 bits per heavy atom. The SMILES string of the molecule is CNC1CCC(C(C)(C)C)CC1N1CCCC1C. The predicted octanol–water partition coefficient (Wildman–Crippen LogP) is 3.27. The van der Waals surface area contributed by atoms with Crippen molar-refractivity contribution in [2.45, 2.75) is 77.9 Å². The molecule has 0 aromatic rings. The molecule has 1 heterocycles. The van der Waals surface area contributed by atoms with Crippen LogP contribution in [-0.2, 0) is 0 Å². The minimum atomic E-state index is 0.472. The lowest BCUT2D eigenvalue weighted by molar-refractivity contribution is 0.0568. The van der Waals surface area contributed by atoms with Crippen LogP contribution in [0.5, 0.6) is 0 Å². The molecule has 4 unspecified atom stereocenters. The molecule has 18 heavy (non-hydrogen) atoms. The summed E-state index contributed by atoms with van der Waals surface area (Å²) in [4.78, 5) is 2.79. The molecule has 2 fully saturated rings. The number of likely N-dealkylation sites (tertiary alicyclic amines) is 1. The fourth-order valence-electron chi connectivity index (χ4n) is 4.08. The van der Waals surface area contributed by atoms with Crippen LogP contribution in [-0.4, -0.2) is 36.6 Å². The molecule has 0 radical (unpaired) electrons. The van der Waals surface area contributed by atoms with E-state index in [0.29, 0.717) is 11.5 Å². The van der Waals surface area contributed by atoms with Gasteiger partial charge >= 0.3 is 0 Å². The Morgan fingerprint density at radius 2 is 1.83 bits per heavy atom. The Hall–Kier alpha value is -0.0800. The summed E-state index contributed by atoms with van der Waals surface area (Å²) in [5.74, 6) is 0.889. The van der Waals surface area contributed by atoms with Gasteiger partial charge in [-0.05, 0) is 64.0 Å². The molecule has 1 saturated heterocycles. The van der Waals surface area contributed by atoms with Gasteiger partial charge in [0.1, 0.15) is 0 Å². The Morgan fingerprint density at radius 1 is 1.11 bits per heavy atom. The third-order valence-electron chi connectivity index (χ3n) is 5.44. The van der Waals surface area contributed by atoms with Crippen molar-refractivity contribution in [3.63, 3.8) is 0 Å². The van der Waals surface area contributed by atoms with Gasteiger partial charge in [-0.15, -0.1) is 0 Å². The second-order valence-corrected chi connectivity index (χ2v) is 7.57. The molecule has 0 amide bonds. The summed E-state index contributed by atoms with van der Waals surface area (Å²) in [6.45, 7) is 11.0. The molecule has 0 bridgehead atoms. The van der Waals surface area contributed by atoms with Crippen LogP contribution in [0.15, 0.2) is 0 Å². The van der Waals surface area contributed by atoms with Crippen LogP contribution in [0.4, 0.5) is 0 Å². The molecule has 2 heteroatoms. The van der Waals surface area contributed by atoms with E-state index in [4.69, 9.17) is 0 Å². The second kappa shape index (κ2) is 5.50. The summed E-state index contributed by atoms with van der Waals surface area (Å²) >= 11 is 0. The first-order valence-electron chi connectivity index (χ1n) is 7.86. The zero-order valence-electron chi connectivity index (χ0n) is 13.0. The summed E-state index contributed by atoms with van der Waals surface area (Å²) in [5.41, 5.74) is 0.472. The van der Waals surface area contributed by atoms with Gasteiger partial charge in [0.2, 0.25) is 0 Å². The van der Waals surface area contributed by atoms with Crippen molar-refractivity contribution in [3.8, 4) is 0 Å². The minimum absolute atomic E-state index is 0.472.